The zero-order valence-corrected chi connectivity index (χ0v) is 18.6. The Hall–Kier alpha value is -3.34. The number of benzene rings is 3. The first-order chi connectivity index (χ1) is 14.9. The second-order valence-electron chi connectivity index (χ2n) is 8.05. The number of carbonyl (C=O) groups excluding carboxylic acids is 2. The lowest BCUT2D eigenvalue weighted by Crippen LogP contribution is -2.50. The van der Waals surface area contributed by atoms with Crippen LogP contribution in [0.4, 0.5) is 0 Å². The normalized spacial score (nSPS) is 11.9. The number of hydrogen-bond acceptors (Lipinski definition) is 3. The van der Waals surface area contributed by atoms with Gasteiger partial charge < -0.3 is 15.0 Å². The number of nitrogens with zero attached hydrogens (tertiary/aromatic N) is 1. The first kappa shape index (κ1) is 22.3. The molecule has 0 aromatic heterocycles. The summed E-state index contributed by atoms with van der Waals surface area (Å²) in [6.45, 7) is 7.77. The van der Waals surface area contributed by atoms with Crippen molar-refractivity contribution in [2.45, 2.75) is 46.3 Å². The highest BCUT2D eigenvalue weighted by molar-refractivity contribution is 5.90. The summed E-state index contributed by atoms with van der Waals surface area (Å²) in [4.78, 5) is 27.5. The molecule has 5 heteroatoms. The molecule has 0 aliphatic carbocycles. The Bertz CT molecular complexity index is 1060. The molecule has 162 valence electrons. The second-order valence-corrected chi connectivity index (χ2v) is 8.05. The van der Waals surface area contributed by atoms with Crippen LogP contribution in [0.15, 0.2) is 66.7 Å². The molecule has 0 unspecified atom stereocenters. The number of ether oxygens (including phenoxy) is 1. The van der Waals surface area contributed by atoms with Crippen molar-refractivity contribution in [3.63, 3.8) is 0 Å². The number of rotatable bonds is 8. The summed E-state index contributed by atoms with van der Waals surface area (Å²) in [5, 5.41) is 4.91. The maximum Gasteiger partial charge on any atom is 0.261 e. The molecule has 0 saturated heterocycles. The molecule has 0 radical (unpaired) electrons. The molecule has 0 spiro atoms. The standard InChI is InChI=1S/C26H30N2O3/c1-18(2)27-26(30)20(4)28(16-22-12-6-5-10-19(22)3)25(29)17-31-24-15-9-13-21-11-7-8-14-23(21)24/h5-15,18,20H,16-17H2,1-4H3,(H,27,30)/t20-/m0/s1. The quantitative estimate of drug-likeness (QED) is 0.587. The molecule has 5 nitrogen and oxygen atoms in total. The molecule has 3 rings (SSSR count). The molecule has 0 aliphatic rings. The van der Waals surface area contributed by atoms with E-state index in [1.165, 1.54) is 0 Å². The molecule has 0 saturated carbocycles. The fourth-order valence-corrected chi connectivity index (χ4v) is 3.50. The zero-order valence-electron chi connectivity index (χ0n) is 18.6. The number of hydrogen-bond donors (Lipinski definition) is 1. The Labute approximate surface area is 184 Å². The van der Waals surface area contributed by atoms with E-state index in [9.17, 15) is 9.59 Å². The van der Waals surface area contributed by atoms with Crippen molar-refractivity contribution in [3.05, 3.63) is 77.9 Å². The Balaban J connectivity index is 1.81. The lowest BCUT2D eigenvalue weighted by Gasteiger charge is -2.30. The van der Waals surface area contributed by atoms with Gasteiger partial charge in [0.1, 0.15) is 11.8 Å². The van der Waals surface area contributed by atoms with Crippen molar-refractivity contribution < 1.29 is 14.3 Å². The third-order valence-electron chi connectivity index (χ3n) is 5.30. The highest BCUT2D eigenvalue weighted by Gasteiger charge is 2.27. The number of nitrogens with one attached hydrogen (secondary N) is 1. The molecule has 3 aromatic carbocycles. The highest BCUT2D eigenvalue weighted by Crippen LogP contribution is 2.25. The van der Waals surface area contributed by atoms with Gasteiger partial charge in [-0.15, -0.1) is 0 Å². The third kappa shape index (κ3) is 5.63. The number of aryl methyl sites for hydroxylation is 1. The number of carbonyl (C=O) groups is 2. The zero-order chi connectivity index (χ0) is 22.4. The molecule has 2 amide bonds. The van der Waals surface area contributed by atoms with Crippen molar-refractivity contribution in [2.24, 2.45) is 0 Å². The van der Waals surface area contributed by atoms with Gasteiger partial charge in [-0.05, 0) is 50.3 Å². The van der Waals surface area contributed by atoms with Crippen LogP contribution in [0.25, 0.3) is 10.8 Å². The van der Waals surface area contributed by atoms with Gasteiger partial charge in [0, 0.05) is 18.0 Å². The molecule has 0 bridgehead atoms. The van der Waals surface area contributed by atoms with E-state index in [0.717, 1.165) is 21.9 Å². The summed E-state index contributed by atoms with van der Waals surface area (Å²) < 4.78 is 5.92. The summed E-state index contributed by atoms with van der Waals surface area (Å²) in [5.41, 5.74) is 2.08. The topological polar surface area (TPSA) is 58.6 Å². The number of amides is 2. The molecular formula is C26H30N2O3. The summed E-state index contributed by atoms with van der Waals surface area (Å²) >= 11 is 0. The van der Waals surface area contributed by atoms with Gasteiger partial charge in [0.2, 0.25) is 5.91 Å². The van der Waals surface area contributed by atoms with Crippen LogP contribution >= 0.6 is 0 Å². The van der Waals surface area contributed by atoms with Gasteiger partial charge in [0.15, 0.2) is 6.61 Å². The summed E-state index contributed by atoms with van der Waals surface area (Å²) in [6, 6.07) is 20.9. The van der Waals surface area contributed by atoms with Crippen molar-refractivity contribution in [1.82, 2.24) is 10.2 Å². The molecule has 0 aliphatic heterocycles. The van der Waals surface area contributed by atoms with Crippen LogP contribution in [0, 0.1) is 6.92 Å². The molecule has 1 N–H and O–H groups in total. The SMILES string of the molecule is Cc1ccccc1CN(C(=O)COc1cccc2ccccc12)[C@@H](C)C(=O)NC(C)C. The first-order valence-corrected chi connectivity index (χ1v) is 10.6. The third-order valence-corrected chi connectivity index (χ3v) is 5.30. The first-order valence-electron chi connectivity index (χ1n) is 10.6. The largest absolute Gasteiger partial charge is 0.483 e. The van der Waals surface area contributed by atoms with Crippen LogP contribution in [-0.2, 0) is 16.1 Å². The minimum Gasteiger partial charge on any atom is -0.483 e. The van der Waals surface area contributed by atoms with Gasteiger partial charge in [-0.3, -0.25) is 9.59 Å². The van der Waals surface area contributed by atoms with Crippen LogP contribution < -0.4 is 10.1 Å². The maximum absolute atomic E-state index is 13.2. The average Bonchev–Trinajstić information content (AvgIpc) is 2.76. The molecular weight excluding hydrogens is 388 g/mol. The van der Waals surface area contributed by atoms with Gasteiger partial charge in [0.25, 0.3) is 5.91 Å². The monoisotopic (exact) mass is 418 g/mol. The Morgan fingerprint density at radius 2 is 1.61 bits per heavy atom. The van der Waals surface area contributed by atoms with E-state index in [0.29, 0.717) is 12.3 Å². The number of fused-ring (bicyclic) bond motifs is 1. The minimum absolute atomic E-state index is 0.00250. The summed E-state index contributed by atoms with van der Waals surface area (Å²) in [6.07, 6.45) is 0. The molecule has 0 fully saturated rings. The Morgan fingerprint density at radius 1 is 0.935 bits per heavy atom. The summed E-state index contributed by atoms with van der Waals surface area (Å²) in [7, 11) is 0. The Morgan fingerprint density at radius 3 is 2.35 bits per heavy atom. The van der Waals surface area contributed by atoms with Gasteiger partial charge in [0.05, 0.1) is 0 Å². The van der Waals surface area contributed by atoms with E-state index >= 15 is 0 Å². The van der Waals surface area contributed by atoms with Crippen molar-refractivity contribution in [3.8, 4) is 5.75 Å². The molecule has 0 heterocycles. The average molecular weight is 419 g/mol. The second kappa shape index (κ2) is 10.1. The smallest absolute Gasteiger partial charge is 0.261 e. The van der Waals surface area contributed by atoms with Gasteiger partial charge in [-0.2, -0.15) is 0 Å². The molecule has 1 atom stereocenters. The predicted octanol–water partition coefficient (Wildman–Crippen LogP) is 4.47. The lowest BCUT2D eigenvalue weighted by molar-refractivity contribution is -0.142. The molecule has 3 aromatic rings. The van der Waals surface area contributed by atoms with Crippen LogP contribution in [0.5, 0.6) is 5.75 Å². The minimum atomic E-state index is -0.620. The Kier molecular flexibility index (Phi) is 7.29. The predicted molar refractivity (Wildman–Crippen MR) is 124 cm³/mol. The summed E-state index contributed by atoms with van der Waals surface area (Å²) in [5.74, 6) is 0.242. The van der Waals surface area contributed by atoms with E-state index in [4.69, 9.17) is 4.74 Å². The van der Waals surface area contributed by atoms with E-state index < -0.39 is 6.04 Å². The fraction of sp³-hybridized carbons (Fsp3) is 0.308. The van der Waals surface area contributed by atoms with Crippen LogP contribution in [-0.4, -0.2) is 35.4 Å². The lowest BCUT2D eigenvalue weighted by atomic mass is 10.1. The van der Waals surface area contributed by atoms with E-state index in [2.05, 4.69) is 5.32 Å². The maximum atomic E-state index is 13.2. The van der Waals surface area contributed by atoms with Gasteiger partial charge >= 0.3 is 0 Å². The van der Waals surface area contributed by atoms with Gasteiger partial charge in [-0.1, -0.05) is 60.7 Å². The van der Waals surface area contributed by atoms with Gasteiger partial charge in [-0.25, -0.2) is 0 Å². The molecule has 31 heavy (non-hydrogen) atoms. The van der Waals surface area contributed by atoms with E-state index in [1.54, 1.807) is 11.8 Å². The fourth-order valence-electron chi connectivity index (χ4n) is 3.50. The van der Waals surface area contributed by atoms with Crippen molar-refractivity contribution in [1.29, 1.82) is 0 Å². The van der Waals surface area contributed by atoms with Crippen LogP contribution in [0.3, 0.4) is 0 Å². The van der Waals surface area contributed by atoms with Crippen LogP contribution in [0.1, 0.15) is 31.9 Å². The van der Waals surface area contributed by atoms with E-state index in [1.807, 2.05) is 87.5 Å². The van der Waals surface area contributed by atoms with Crippen molar-refractivity contribution in [2.75, 3.05) is 6.61 Å². The highest BCUT2D eigenvalue weighted by atomic mass is 16.5. The van der Waals surface area contributed by atoms with Crippen molar-refractivity contribution >= 4 is 22.6 Å². The van der Waals surface area contributed by atoms with Crippen LogP contribution in [0.2, 0.25) is 0 Å². The van der Waals surface area contributed by atoms with E-state index in [-0.39, 0.29) is 24.5 Å².